The van der Waals surface area contributed by atoms with Crippen molar-refractivity contribution in [1.29, 1.82) is 0 Å². The summed E-state index contributed by atoms with van der Waals surface area (Å²) in [6.45, 7) is 4.92. The van der Waals surface area contributed by atoms with Crippen LogP contribution in [-0.4, -0.2) is 25.8 Å². The Bertz CT molecular complexity index is 785. The number of carbonyl (C=O) groups excluding carboxylic acids is 1. The van der Waals surface area contributed by atoms with Crippen LogP contribution in [0.15, 0.2) is 22.2 Å². The second-order valence-corrected chi connectivity index (χ2v) is 6.51. The fourth-order valence-corrected chi connectivity index (χ4v) is 3.52. The average Bonchev–Trinajstić information content (AvgIpc) is 3.03. The summed E-state index contributed by atoms with van der Waals surface area (Å²) in [5.74, 6) is 0.701. The number of nitrogens with zero attached hydrogens (tertiary/aromatic N) is 3. The Morgan fingerprint density at radius 2 is 2.23 bits per heavy atom. The number of amides is 1. The van der Waals surface area contributed by atoms with Gasteiger partial charge < -0.3 is 14.5 Å². The molecule has 116 valence electrons. The van der Waals surface area contributed by atoms with Gasteiger partial charge in [0.2, 0.25) is 0 Å². The number of hydrogen-bond donors (Lipinski definition) is 1. The summed E-state index contributed by atoms with van der Waals surface area (Å²) >= 11 is 1.71. The largest absolute Gasteiger partial charge is 0.346 e. The van der Waals surface area contributed by atoms with Gasteiger partial charge in [0.25, 0.3) is 11.5 Å². The Labute approximate surface area is 132 Å². The number of imidazole rings is 1. The average molecular weight is 318 g/mol. The summed E-state index contributed by atoms with van der Waals surface area (Å²) in [5, 5.41) is 3.79. The van der Waals surface area contributed by atoms with Gasteiger partial charge in [0.05, 0.1) is 12.2 Å². The van der Waals surface area contributed by atoms with E-state index in [1.54, 1.807) is 25.7 Å². The molecule has 0 aromatic carbocycles. The van der Waals surface area contributed by atoms with E-state index in [9.17, 15) is 9.59 Å². The van der Waals surface area contributed by atoms with Crippen molar-refractivity contribution in [2.45, 2.75) is 32.1 Å². The standard InChI is InChI=1S/C15H18N4O2S/c1-9-6-10(2)18(3)14(21)12(9)13(20)16-7-11-8-19-4-5-22-15(19)17-11/h6,8H,4-5,7H2,1-3H3,(H,16,20). The maximum absolute atomic E-state index is 12.3. The van der Waals surface area contributed by atoms with E-state index >= 15 is 0 Å². The van der Waals surface area contributed by atoms with Crippen LogP contribution < -0.4 is 10.9 Å². The first-order valence-electron chi connectivity index (χ1n) is 7.11. The number of thioether (sulfide) groups is 1. The van der Waals surface area contributed by atoms with Crippen LogP contribution in [0.25, 0.3) is 0 Å². The number of fused-ring (bicyclic) bond motifs is 1. The zero-order valence-corrected chi connectivity index (χ0v) is 13.7. The van der Waals surface area contributed by atoms with E-state index in [2.05, 4.69) is 14.9 Å². The lowest BCUT2D eigenvalue weighted by molar-refractivity contribution is 0.0947. The third-order valence-electron chi connectivity index (χ3n) is 3.88. The van der Waals surface area contributed by atoms with E-state index < -0.39 is 0 Å². The number of nitrogens with one attached hydrogen (secondary N) is 1. The van der Waals surface area contributed by atoms with Crippen LogP contribution >= 0.6 is 11.8 Å². The topological polar surface area (TPSA) is 68.9 Å². The van der Waals surface area contributed by atoms with Crippen LogP contribution in [-0.2, 0) is 20.1 Å². The summed E-state index contributed by atoms with van der Waals surface area (Å²) in [7, 11) is 1.67. The molecular weight excluding hydrogens is 300 g/mol. The van der Waals surface area contributed by atoms with Crippen LogP contribution in [0.4, 0.5) is 0 Å². The van der Waals surface area contributed by atoms with Gasteiger partial charge in [0.15, 0.2) is 5.16 Å². The van der Waals surface area contributed by atoms with Crippen molar-refractivity contribution in [3.63, 3.8) is 0 Å². The van der Waals surface area contributed by atoms with Crippen LogP contribution in [0.2, 0.25) is 0 Å². The molecule has 0 aliphatic carbocycles. The molecule has 0 unspecified atom stereocenters. The lowest BCUT2D eigenvalue weighted by Gasteiger charge is -2.10. The molecular formula is C15H18N4O2S. The highest BCUT2D eigenvalue weighted by Crippen LogP contribution is 2.24. The molecule has 22 heavy (non-hydrogen) atoms. The van der Waals surface area contributed by atoms with E-state index in [0.29, 0.717) is 12.1 Å². The second kappa shape index (κ2) is 5.64. The molecule has 3 heterocycles. The molecule has 3 rings (SSSR count). The first kappa shape index (κ1) is 14.9. The molecule has 2 aromatic rings. The van der Waals surface area contributed by atoms with Gasteiger partial charge in [-0.05, 0) is 25.5 Å². The summed E-state index contributed by atoms with van der Waals surface area (Å²) in [6, 6.07) is 1.85. The van der Waals surface area contributed by atoms with Crippen LogP contribution in [0.1, 0.15) is 27.3 Å². The number of pyridine rings is 1. The van der Waals surface area contributed by atoms with Crippen molar-refractivity contribution in [3.8, 4) is 0 Å². The van der Waals surface area contributed by atoms with E-state index in [1.807, 2.05) is 19.2 Å². The third-order valence-corrected chi connectivity index (χ3v) is 4.85. The maximum atomic E-state index is 12.3. The lowest BCUT2D eigenvalue weighted by atomic mass is 10.1. The molecule has 0 atom stereocenters. The smallest absolute Gasteiger partial charge is 0.263 e. The molecule has 7 heteroatoms. The first-order chi connectivity index (χ1) is 10.5. The van der Waals surface area contributed by atoms with E-state index in [-0.39, 0.29) is 17.0 Å². The minimum Gasteiger partial charge on any atom is -0.346 e. The monoisotopic (exact) mass is 318 g/mol. The number of rotatable bonds is 3. The summed E-state index contributed by atoms with van der Waals surface area (Å²) < 4.78 is 3.58. The lowest BCUT2D eigenvalue weighted by Crippen LogP contribution is -2.33. The summed E-state index contributed by atoms with van der Waals surface area (Å²) in [6.07, 6.45) is 1.95. The molecule has 0 radical (unpaired) electrons. The molecule has 6 nitrogen and oxygen atoms in total. The van der Waals surface area contributed by atoms with Gasteiger partial charge in [-0.15, -0.1) is 0 Å². The zero-order valence-electron chi connectivity index (χ0n) is 12.8. The van der Waals surface area contributed by atoms with Gasteiger partial charge in [-0.2, -0.15) is 0 Å². The van der Waals surface area contributed by atoms with Crippen LogP contribution in [0.5, 0.6) is 0 Å². The normalized spacial score (nSPS) is 13.2. The quantitative estimate of drug-likeness (QED) is 0.924. The van der Waals surface area contributed by atoms with Gasteiger partial charge in [-0.3, -0.25) is 9.59 Å². The molecule has 1 aliphatic heterocycles. The molecule has 0 bridgehead atoms. The minimum atomic E-state index is -0.348. The highest BCUT2D eigenvalue weighted by molar-refractivity contribution is 7.99. The fraction of sp³-hybridized carbons (Fsp3) is 0.400. The fourth-order valence-electron chi connectivity index (χ4n) is 2.56. The predicted molar refractivity (Wildman–Crippen MR) is 85.3 cm³/mol. The number of carbonyl (C=O) groups is 1. The molecule has 2 aromatic heterocycles. The second-order valence-electron chi connectivity index (χ2n) is 5.45. The van der Waals surface area contributed by atoms with E-state index in [4.69, 9.17) is 0 Å². The third kappa shape index (κ3) is 2.56. The number of aryl methyl sites for hydroxylation is 3. The number of hydrogen-bond acceptors (Lipinski definition) is 4. The van der Waals surface area contributed by atoms with Crippen LogP contribution in [0, 0.1) is 13.8 Å². The molecule has 1 N–H and O–H groups in total. The Morgan fingerprint density at radius 3 is 2.95 bits per heavy atom. The molecule has 1 amide bonds. The summed E-state index contributed by atoms with van der Waals surface area (Å²) in [4.78, 5) is 29.1. The van der Waals surface area contributed by atoms with Crippen molar-refractivity contribution >= 4 is 17.7 Å². The molecule has 0 fully saturated rings. The van der Waals surface area contributed by atoms with Gasteiger partial charge in [-0.1, -0.05) is 11.8 Å². The van der Waals surface area contributed by atoms with Crippen molar-refractivity contribution in [1.82, 2.24) is 19.4 Å². The minimum absolute atomic E-state index is 0.203. The van der Waals surface area contributed by atoms with Crippen molar-refractivity contribution in [2.75, 3.05) is 5.75 Å². The SMILES string of the molecule is Cc1cc(C)n(C)c(=O)c1C(=O)NCc1cn2c(n1)SCC2. The van der Waals surface area contributed by atoms with Crippen molar-refractivity contribution in [3.05, 3.63) is 45.1 Å². The Kier molecular flexibility index (Phi) is 3.82. The first-order valence-corrected chi connectivity index (χ1v) is 8.10. The summed E-state index contributed by atoms with van der Waals surface area (Å²) in [5.41, 5.74) is 2.28. The molecule has 0 spiro atoms. The number of aromatic nitrogens is 3. The molecule has 1 aliphatic rings. The Morgan fingerprint density at radius 1 is 1.45 bits per heavy atom. The van der Waals surface area contributed by atoms with E-state index in [0.717, 1.165) is 28.8 Å². The maximum Gasteiger partial charge on any atom is 0.263 e. The zero-order chi connectivity index (χ0) is 15.9. The van der Waals surface area contributed by atoms with Crippen molar-refractivity contribution < 1.29 is 4.79 Å². The van der Waals surface area contributed by atoms with Gasteiger partial charge in [0.1, 0.15) is 5.56 Å². The van der Waals surface area contributed by atoms with Crippen molar-refractivity contribution in [2.24, 2.45) is 7.05 Å². The Hall–Kier alpha value is -2.02. The Balaban J connectivity index is 1.77. The molecule has 0 saturated carbocycles. The van der Waals surface area contributed by atoms with Gasteiger partial charge >= 0.3 is 0 Å². The van der Waals surface area contributed by atoms with E-state index in [1.165, 1.54) is 4.57 Å². The highest BCUT2D eigenvalue weighted by atomic mass is 32.2. The van der Waals surface area contributed by atoms with Crippen LogP contribution in [0.3, 0.4) is 0 Å². The highest BCUT2D eigenvalue weighted by Gasteiger charge is 2.18. The molecule has 0 saturated heterocycles. The van der Waals surface area contributed by atoms with Gasteiger partial charge in [-0.25, -0.2) is 4.98 Å². The van der Waals surface area contributed by atoms with Gasteiger partial charge in [0, 0.05) is 31.2 Å². The predicted octanol–water partition coefficient (Wildman–Crippen LogP) is 1.23.